The Morgan fingerprint density at radius 1 is 0.970 bits per heavy atom. The van der Waals surface area contributed by atoms with E-state index in [-0.39, 0.29) is 52.8 Å². The lowest BCUT2D eigenvalue weighted by molar-refractivity contribution is -0.170. The van der Waals surface area contributed by atoms with Gasteiger partial charge in [-0.25, -0.2) is 0 Å². The van der Waals surface area contributed by atoms with Crippen LogP contribution in [0.1, 0.15) is 115 Å². The number of hydrogen-bond acceptors (Lipinski definition) is 4. The van der Waals surface area contributed by atoms with E-state index in [2.05, 4.69) is 74.1 Å². The number of hydrogen-bond donors (Lipinski definition) is 1. The maximum absolute atomic E-state index is 13.3. The molecule has 2 atom stereocenters. The fourth-order valence-electron chi connectivity index (χ4n) is 5.17. The van der Waals surface area contributed by atoms with Crippen molar-refractivity contribution in [2.75, 3.05) is 19.8 Å². The standard InChI is InChI=1S/C28H53NO4/c1-24(2,3)19-21(29-16-14-12-13-15-22(29)31)27(9,10)26(7,8)20-28(11,25(4,5)6)23(32)33-18-17-30/h21,30H,12-20H2,1-11H3. The number of carbonyl (C=O) groups excluding carboxylic acids is 2. The predicted molar refractivity (Wildman–Crippen MR) is 136 cm³/mol. The summed E-state index contributed by atoms with van der Waals surface area (Å²) < 4.78 is 5.48. The second-order valence-corrected chi connectivity index (χ2v) is 13.9. The van der Waals surface area contributed by atoms with Gasteiger partial charge in [-0.2, -0.15) is 0 Å². The first-order chi connectivity index (χ1) is 14.8. The molecular formula is C28H53NO4. The van der Waals surface area contributed by atoms with Gasteiger partial charge in [-0.05, 0) is 54.3 Å². The molecule has 2 unspecified atom stereocenters. The monoisotopic (exact) mass is 467 g/mol. The van der Waals surface area contributed by atoms with Crippen molar-refractivity contribution in [3.8, 4) is 0 Å². The van der Waals surface area contributed by atoms with Crippen LogP contribution in [0.5, 0.6) is 0 Å². The van der Waals surface area contributed by atoms with Crippen molar-refractivity contribution in [2.24, 2.45) is 27.1 Å². The number of aliphatic hydroxyl groups is 1. The second-order valence-electron chi connectivity index (χ2n) is 13.9. The van der Waals surface area contributed by atoms with Crippen molar-refractivity contribution in [3.05, 3.63) is 0 Å². The molecule has 1 fully saturated rings. The van der Waals surface area contributed by atoms with Gasteiger partial charge in [0.05, 0.1) is 12.0 Å². The van der Waals surface area contributed by atoms with Crippen LogP contribution in [-0.4, -0.2) is 47.7 Å². The van der Waals surface area contributed by atoms with Gasteiger partial charge in [0, 0.05) is 19.0 Å². The molecule has 33 heavy (non-hydrogen) atoms. The van der Waals surface area contributed by atoms with Crippen molar-refractivity contribution >= 4 is 11.9 Å². The molecule has 0 aromatic rings. The molecule has 0 aromatic carbocycles. The SMILES string of the molecule is CC(C)(C)CC(N1CCCCCC1=O)C(C)(C)C(C)(C)CC(C)(C(=O)OCCO)C(C)(C)C. The minimum absolute atomic E-state index is 0.0171. The third-order valence-electron chi connectivity index (χ3n) is 8.60. The highest BCUT2D eigenvalue weighted by atomic mass is 16.5. The molecular weight excluding hydrogens is 414 g/mol. The number of rotatable bonds is 9. The summed E-state index contributed by atoms with van der Waals surface area (Å²) in [6, 6.07) is 0.0794. The molecule has 1 saturated heterocycles. The Bertz CT molecular complexity index is 668. The fraction of sp³-hybridized carbons (Fsp3) is 0.929. The molecule has 1 N–H and O–H groups in total. The lowest BCUT2D eigenvalue weighted by Crippen LogP contribution is -2.57. The van der Waals surface area contributed by atoms with Crippen LogP contribution in [-0.2, 0) is 14.3 Å². The van der Waals surface area contributed by atoms with E-state index >= 15 is 0 Å². The van der Waals surface area contributed by atoms with E-state index in [0.29, 0.717) is 12.8 Å². The molecule has 0 bridgehead atoms. The third kappa shape index (κ3) is 7.19. The third-order valence-corrected chi connectivity index (χ3v) is 8.60. The van der Waals surface area contributed by atoms with Gasteiger partial charge in [0.15, 0.2) is 0 Å². The summed E-state index contributed by atoms with van der Waals surface area (Å²) >= 11 is 0. The van der Waals surface area contributed by atoms with Crippen LogP contribution in [0.25, 0.3) is 0 Å². The van der Waals surface area contributed by atoms with Crippen LogP contribution in [0.15, 0.2) is 0 Å². The van der Waals surface area contributed by atoms with Crippen LogP contribution < -0.4 is 0 Å². The first kappa shape index (κ1) is 29.9. The highest BCUT2D eigenvalue weighted by Crippen LogP contribution is 2.56. The van der Waals surface area contributed by atoms with Gasteiger partial charge in [-0.1, -0.05) is 75.7 Å². The first-order valence-corrected chi connectivity index (χ1v) is 12.9. The highest BCUT2D eigenvalue weighted by molar-refractivity contribution is 5.78. The average Bonchev–Trinajstić information content (AvgIpc) is 2.86. The molecule has 1 rings (SSSR count). The van der Waals surface area contributed by atoms with Gasteiger partial charge in [0.1, 0.15) is 6.61 Å². The van der Waals surface area contributed by atoms with Gasteiger partial charge in [-0.3, -0.25) is 9.59 Å². The van der Waals surface area contributed by atoms with Crippen molar-refractivity contribution in [1.29, 1.82) is 0 Å². The minimum atomic E-state index is -0.738. The molecule has 0 saturated carbocycles. The lowest BCUT2D eigenvalue weighted by atomic mass is 9.52. The highest BCUT2D eigenvalue weighted by Gasteiger charge is 2.55. The normalized spacial score (nSPS) is 19.6. The van der Waals surface area contributed by atoms with Gasteiger partial charge in [0.25, 0.3) is 0 Å². The van der Waals surface area contributed by atoms with Crippen molar-refractivity contribution in [1.82, 2.24) is 4.90 Å². The quantitative estimate of drug-likeness (QED) is 0.409. The molecule has 1 amide bonds. The number of amides is 1. The first-order valence-electron chi connectivity index (χ1n) is 12.9. The van der Waals surface area contributed by atoms with E-state index in [1.54, 1.807) is 0 Å². The zero-order valence-electron chi connectivity index (χ0n) is 23.6. The van der Waals surface area contributed by atoms with E-state index in [1.165, 1.54) is 0 Å². The molecule has 0 spiro atoms. The Morgan fingerprint density at radius 2 is 1.55 bits per heavy atom. The van der Waals surface area contributed by atoms with Crippen LogP contribution in [0.4, 0.5) is 0 Å². The Kier molecular flexibility index (Phi) is 9.67. The van der Waals surface area contributed by atoms with Crippen LogP contribution in [0.2, 0.25) is 0 Å². The van der Waals surface area contributed by atoms with E-state index in [1.807, 2.05) is 6.92 Å². The van der Waals surface area contributed by atoms with E-state index in [4.69, 9.17) is 4.74 Å². The number of ether oxygens (including phenoxy) is 1. The van der Waals surface area contributed by atoms with E-state index in [9.17, 15) is 14.7 Å². The maximum atomic E-state index is 13.3. The number of aliphatic hydroxyl groups excluding tert-OH is 1. The van der Waals surface area contributed by atoms with Crippen molar-refractivity contribution in [2.45, 2.75) is 121 Å². The van der Waals surface area contributed by atoms with Gasteiger partial charge in [0.2, 0.25) is 5.91 Å². The molecule has 0 aromatic heterocycles. The largest absolute Gasteiger partial charge is 0.463 e. The number of esters is 1. The Hall–Kier alpha value is -1.10. The summed E-state index contributed by atoms with van der Waals surface area (Å²) in [5, 5.41) is 9.20. The lowest BCUT2D eigenvalue weighted by Gasteiger charge is -2.55. The molecule has 194 valence electrons. The summed E-state index contributed by atoms with van der Waals surface area (Å²) in [5.74, 6) is 0.0118. The molecule has 1 aliphatic heterocycles. The average molecular weight is 468 g/mol. The van der Waals surface area contributed by atoms with Crippen LogP contribution in [0, 0.1) is 27.1 Å². The Morgan fingerprint density at radius 3 is 2.03 bits per heavy atom. The summed E-state index contributed by atoms with van der Waals surface area (Å²) in [6.45, 7) is 24.7. The molecule has 0 radical (unpaired) electrons. The summed E-state index contributed by atoms with van der Waals surface area (Å²) in [6.07, 6.45) is 5.30. The number of carbonyl (C=O) groups is 2. The molecule has 1 heterocycles. The van der Waals surface area contributed by atoms with Gasteiger partial charge < -0.3 is 14.7 Å². The molecule has 5 heteroatoms. The zero-order chi connectivity index (χ0) is 25.9. The minimum Gasteiger partial charge on any atom is -0.463 e. The molecule has 0 aliphatic carbocycles. The Balaban J connectivity index is 3.46. The Labute approximate surface area is 204 Å². The summed E-state index contributed by atoms with van der Waals surface area (Å²) in [5.41, 5.74) is -1.51. The predicted octanol–water partition coefficient (Wildman–Crippen LogP) is 6.22. The smallest absolute Gasteiger partial charge is 0.312 e. The van der Waals surface area contributed by atoms with E-state index in [0.717, 1.165) is 32.2 Å². The van der Waals surface area contributed by atoms with Crippen molar-refractivity contribution in [3.63, 3.8) is 0 Å². The molecule has 5 nitrogen and oxygen atoms in total. The number of nitrogens with zero attached hydrogens (tertiary/aromatic N) is 1. The van der Waals surface area contributed by atoms with Crippen LogP contribution in [0.3, 0.4) is 0 Å². The topological polar surface area (TPSA) is 66.8 Å². The van der Waals surface area contributed by atoms with Crippen molar-refractivity contribution < 1.29 is 19.4 Å². The second kappa shape index (κ2) is 10.7. The fourth-order valence-corrected chi connectivity index (χ4v) is 5.17. The van der Waals surface area contributed by atoms with Gasteiger partial charge >= 0.3 is 5.97 Å². The molecule has 1 aliphatic rings. The zero-order valence-corrected chi connectivity index (χ0v) is 23.6. The maximum Gasteiger partial charge on any atom is 0.312 e. The summed E-state index contributed by atoms with van der Waals surface area (Å²) in [7, 11) is 0. The van der Waals surface area contributed by atoms with Crippen LogP contribution >= 0.6 is 0 Å². The van der Waals surface area contributed by atoms with Gasteiger partial charge in [-0.15, -0.1) is 0 Å². The van der Waals surface area contributed by atoms with E-state index < -0.39 is 5.41 Å². The summed E-state index contributed by atoms with van der Waals surface area (Å²) in [4.78, 5) is 28.7. The number of likely N-dealkylation sites (tertiary alicyclic amines) is 1.